The first-order valence-electron chi connectivity index (χ1n) is 5.47. The van der Waals surface area contributed by atoms with Crippen LogP contribution in [0.1, 0.15) is 0 Å². The number of nitrogens with two attached hydrogens (primary N) is 1. The largest absolute Gasteiger partial charge is 0.491 e. The van der Waals surface area contributed by atoms with Gasteiger partial charge in [-0.1, -0.05) is 18.2 Å². The van der Waals surface area contributed by atoms with Gasteiger partial charge in [-0.15, -0.1) is 0 Å². The molecule has 0 saturated carbocycles. The minimum absolute atomic E-state index is 0.304. The van der Waals surface area contributed by atoms with Gasteiger partial charge in [-0.3, -0.25) is 0 Å². The van der Waals surface area contributed by atoms with Crippen molar-refractivity contribution in [3.63, 3.8) is 0 Å². The second-order valence-corrected chi connectivity index (χ2v) is 3.83. The molecule has 0 heterocycles. The zero-order valence-corrected chi connectivity index (χ0v) is 9.67. The Hall–Kier alpha value is -1.10. The zero-order chi connectivity index (χ0) is 11.8. The first-order valence-corrected chi connectivity index (χ1v) is 5.47. The van der Waals surface area contributed by atoms with Crippen LogP contribution in [0.4, 0.5) is 0 Å². The van der Waals surface area contributed by atoms with Crippen LogP contribution in [0, 0.1) is 0 Å². The molecule has 1 aromatic rings. The number of aliphatic hydroxyl groups excluding tert-OH is 1. The van der Waals surface area contributed by atoms with Crippen molar-refractivity contribution in [2.24, 2.45) is 5.73 Å². The minimum Gasteiger partial charge on any atom is -0.491 e. The summed E-state index contributed by atoms with van der Waals surface area (Å²) in [6.07, 6.45) is -0.489. The van der Waals surface area contributed by atoms with Crippen LogP contribution in [0.25, 0.3) is 0 Å². The molecule has 4 heteroatoms. The lowest BCUT2D eigenvalue weighted by molar-refractivity contribution is 0.0772. The van der Waals surface area contributed by atoms with E-state index in [0.29, 0.717) is 19.7 Å². The molecule has 0 bridgehead atoms. The number of ether oxygens (including phenoxy) is 1. The molecule has 1 unspecified atom stereocenters. The molecule has 0 aliphatic heterocycles. The van der Waals surface area contributed by atoms with E-state index in [2.05, 4.69) is 0 Å². The van der Waals surface area contributed by atoms with Gasteiger partial charge in [-0.25, -0.2) is 0 Å². The maximum absolute atomic E-state index is 9.70. The Morgan fingerprint density at radius 1 is 1.38 bits per heavy atom. The molecule has 0 aromatic heterocycles. The highest BCUT2D eigenvalue weighted by atomic mass is 16.5. The van der Waals surface area contributed by atoms with Crippen LogP contribution in [-0.4, -0.2) is 49.4 Å². The van der Waals surface area contributed by atoms with E-state index in [1.807, 2.05) is 42.3 Å². The van der Waals surface area contributed by atoms with Crippen molar-refractivity contribution < 1.29 is 9.84 Å². The van der Waals surface area contributed by atoms with Crippen LogP contribution in [0.2, 0.25) is 0 Å². The Kier molecular flexibility index (Phi) is 5.85. The third kappa shape index (κ3) is 5.11. The van der Waals surface area contributed by atoms with E-state index in [1.54, 1.807) is 0 Å². The number of nitrogens with zero attached hydrogens (tertiary/aromatic N) is 1. The van der Waals surface area contributed by atoms with E-state index in [9.17, 15) is 5.11 Å². The summed E-state index contributed by atoms with van der Waals surface area (Å²) in [6.45, 7) is 2.26. The summed E-state index contributed by atoms with van der Waals surface area (Å²) in [5.74, 6) is 0.781. The van der Waals surface area contributed by atoms with Crippen molar-refractivity contribution >= 4 is 0 Å². The molecule has 90 valence electrons. The first kappa shape index (κ1) is 13.0. The van der Waals surface area contributed by atoms with Crippen LogP contribution in [-0.2, 0) is 0 Å². The Labute approximate surface area is 96.6 Å². The summed E-state index contributed by atoms with van der Waals surface area (Å²) >= 11 is 0. The number of benzene rings is 1. The molecule has 0 saturated heterocycles. The molecule has 16 heavy (non-hydrogen) atoms. The number of aliphatic hydroxyl groups is 1. The fourth-order valence-corrected chi connectivity index (χ4v) is 1.43. The molecular weight excluding hydrogens is 204 g/mol. The van der Waals surface area contributed by atoms with Gasteiger partial charge >= 0.3 is 0 Å². The topological polar surface area (TPSA) is 58.7 Å². The van der Waals surface area contributed by atoms with Gasteiger partial charge in [0, 0.05) is 19.6 Å². The molecule has 0 radical (unpaired) electrons. The van der Waals surface area contributed by atoms with Gasteiger partial charge in [-0.2, -0.15) is 0 Å². The van der Waals surface area contributed by atoms with Gasteiger partial charge in [0.1, 0.15) is 18.5 Å². The Morgan fingerprint density at radius 3 is 2.69 bits per heavy atom. The van der Waals surface area contributed by atoms with E-state index in [1.165, 1.54) is 0 Å². The van der Waals surface area contributed by atoms with Crippen molar-refractivity contribution in [1.29, 1.82) is 0 Å². The third-order valence-corrected chi connectivity index (χ3v) is 2.22. The maximum Gasteiger partial charge on any atom is 0.119 e. The molecule has 0 amide bonds. The number of likely N-dealkylation sites (N-methyl/N-ethyl adjacent to an activating group) is 1. The fraction of sp³-hybridized carbons (Fsp3) is 0.500. The summed E-state index contributed by atoms with van der Waals surface area (Å²) in [7, 11) is 1.93. The predicted octanol–water partition coefficient (Wildman–Crippen LogP) is 0.317. The van der Waals surface area contributed by atoms with E-state index in [0.717, 1.165) is 12.3 Å². The van der Waals surface area contributed by atoms with Gasteiger partial charge in [0.05, 0.1) is 0 Å². The summed E-state index contributed by atoms with van der Waals surface area (Å²) in [4.78, 5) is 1.99. The highest BCUT2D eigenvalue weighted by molar-refractivity contribution is 5.20. The molecule has 0 aliphatic rings. The fourth-order valence-electron chi connectivity index (χ4n) is 1.43. The Bertz CT molecular complexity index is 280. The standard InChI is InChI=1S/C12H20N2O2/c1-14(8-7-13)9-11(15)10-16-12-5-3-2-4-6-12/h2-6,11,15H,7-10,13H2,1H3. The molecule has 1 rings (SSSR count). The van der Waals surface area contributed by atoms with Gasteiger partial charge in [0.15, 0.2) is 0 Å². The van der Waals surface area contributed by atoms with Crippen molar-refractivity contribution in [3.8, 4) is 5.75 Å². The van der Waals surface area contributed by atoms with E-state index in [4.69, 9.17) is 10.5 Å². The average Bonchev–Trinajstić information content (AvgIpc) is 2.28. The van der Waals surface area contributed by atoms with Gasteiger partial charge < -0.3 is 20.5 Å². The lowest BCUT2D eigenvalue weighted by Gasteiger charge is -2.19. The summed E-state index contributed by atoms with van der Waals surface area (Å²) in [6, 6.07) is 9.48. The molecule has 1 atom stereocenters. The molecule has 1 aromatic carbocycles. The van der Waals surface area contributed by atoms with E-state index in [-0.39, 0.29) is 0 Å². The second kappa shape index (κ2) is 7.22. The summed E-state index contributed by atoms with van der Waals surface area (Å²) in [5, 5.41) is 9.70. The van der Waals surface area contributed by atoms with Crippen molar-refractivity contribution in [2.45, 2.75) is 6.10 Å². The molecular formula is C12H20N2O2. The highest BCUT2D eigenvalue weighted by Gasteiger charge is 2.08. The highest BCUT2D eigenvalue weighted by Crippen LogP contribution is 2.08. The number of para-hydroxylation sites is 1. The van der Waals surface area contributed by atoms with Crippen LogP contribution in [0.3, 0.4) is 0 Å². The van der Waals surface area contributed by atoms with E-state index < -0.39 is 6.10 Å². The summed E-state index contributed by atoms with van der Waals surface area (Å²) in [5.41, 5.74) is 5.42. The Balaban J connectivity index is 2.22. The van der Waals surface area contributed by atoms with Gasteiger partial charge in [-0.05, 0) is 19.2 Å². The normalized spacial score (nSPS) is 12.8. The van der Waals surface area contributed by atoms with Gasteiger partial charge in [0.2, 0.25) is 0 Å². The molecule has 4 nitrogen and oxygen atoms in total. The SMILES string of the molecule is CN(CCN)CC(O)COc1ccccc1. The molecule has 0 aliphatic carbocycles. The van der Waals surface area contributed by atoms with Crippen LogP contribution >= 0.6 is 0 Å². The van der Waals surface area contributed by atoms with Crippen molar-refractivity contribution in [1.82, 2.24) is 4.90 Å². The van der Waals surface area contributed by atoms with Crippen LogP contribution < -0.4 is 10.5 Å². The van der Waals surface area contributed by atoms with Crippen LogP contribution in [0.5, 0.6) is 5.75 Å². The first-order chi connectivity index (χ1) is 7.72. The molecule has 3 N–H and O–H groups in total. The summed E-state index contributed by atoms with van der Waals surface area (Å²) < 4.78 is 5.44. The number of rotatable bonds is 7. The maximum atomic E-state index is 9.70. The van der Waals surface area contributed by atoms with E-state index >= 15 is 0 Å². The third-order valence-electron chi connectivity index (χ3n) is 2.22. The smallest absolute Gasteiger partial charge is 0.119 e. The number of hydrogen-bond donors (Lipinski definition) is 2. The van der Waals surface area contributed by atoms with Crippen molar-refractivity contribution in [2.75, 3.05) is 33.3 Å². The van der Waals surface area contributed by atoms with Gasteiger partial charge in [0.25, 0.3) is 0 Å². The number of hydrogen-bond acceptors (Lipinski definition) is 4. The minimum atomic E-state index is -0.489. The average molecular weight is 224 g/mol. The van der Waals surface area contributed by atoms with Crippen LogP contribution in [0.15, 0.2) is 30.3 Å². The second-order valence-electron chi connectivity index (χ2n) is 3.83. The quantitative estimate of drug-likeness (QED) is 0.700. The lowest BCUT2D eigenvalue weighted by Crippen LogP contribution is -2.35. The Morgan fingerprint density at radius 2 is 2.06 bits per heavy atom. The molecule has 0 spiro atoms. The van der Waals surface area contributed by atoms with Crippen molar-refractivity contribution in [3.05, 3.63) is 30.3 Å². The zero-order valence-electron chi connectivity index (χ0n) is 9.67. The monoisotopic (exact) mass is 224 g/mol. The lowest BCUT2D eigenvalue weighted by atomic mass is 10.3. The predicted molar refractivity (Wildman–Crippen MR) is 64.5 cm³/mol. The molecule has 0 fully saturated rings.